The molecule has 0 aromatic heterocycles. The number of rotatable bonds is 5. The van der Waals surface area contributed by atoms with E-state index in [1.807, 2.05) is 68.7 Å². The summed E-state index contributed by atoms with van der Waals surface area (Å²) in [6.45, 7) is 2.50. The number of halogens is 1. The van der Waals surface area contributed by atoms with Crippen molar-refractivity contribution in [2.75, 3.05) is 14.1 Å². The summed E-state index contributed by atoms with van der Waals surface area (Å²) in [6, 6.07) is 16.9. The summed E-state index contributed by atoms with van der Waals surface area (Å²) in [5.74, 6) is 0.0337. The summed E-state index contributed by atoms with van der Waals surface area (Å²) in [5, 5.41) is 9.75. The Bertz CT molecular complexity index is 607. The van der Waals surface area contributed by atoms with E-state index >= 15 is 0 Å². The first-order valence-corrected chi connectivity index (χ1v) is 7.09. The van der Waals surface area contributed by atoms with E-state index in [4.69, 9.17) is 0 Å². The van der Waals surface area contributed by atoms with Crippen molar-refractivity contribution in [2.24, 2.45) is 0 Å². The minimum absolute atomic E-state index is 0. The van der Waals surface area contributed by atoms with Crippen LogP contribution in [0.15, 0.2) is 54.6 Å². The second-order valence-corrected chi connectivity index (χ2v) is 5.96. The van der Waals surface area contributed by atoms with Gasteiger partial charge in [-0.25, -0.2) is 0 Å². The summed E-state index contributed by atoms with van der Waals surface area (Å²) in [5.41, 5.74) is 2.49. The maximum absolute atomic E-state index is 12.3. The summed E-state index contributed by atoms with van der Waals surface area (Å²) in [6.07, 6.45) is -0.435. The molecule has 2 rings (SSSR count). The Balaban J connectivity index is 0.00000242. The molecular weight excluding hydrogens is 342 g/mol. The second kappa shape index (κ2) is 7.68. The van der Waals surface area contributed by atoms with Gasteiger partial charge in [0.05, 0.1) is 14.1 Å². The fraction of sp³-hybridized carbons (Fsp3) is 0.278. The third-order valence-corrected chi connectivity index (χ3v) is 3.85. The van der Waals surface area contributed by atoms with Gasteiger partial charge in [0.15, 0.2) is 12.0 Å². The molecule has 2 aromatic rings. The zero-order valence-electron chi connectivity index (χ0n) is 13.2. The van der Waals surface area contributed by atoms with Crippen LogP contribution in [0.5, 0.6) is 0 Å². The second-order valence-electron chi connectivity index (χ2n) is 5.96. The highest BCUT2D eigenvalue weighted by Gasteiger charge is 2.21. The largest absolute Gasteiger partial charge is 1.00 e. The number of carbonyl (C=O) groups is 1. The normalized spacial score (nSPS) is 12.4. The molecule has 3 nitrogen and oxygen atoms in total. The van der Waals surface area contributed by atoms with Crippen LogP contribution in [0.3, 0.4) is 0 Å². The number of benzene rings is 2. The number of hydrogen-bond acceptors (Lipinski definition) is 2. The molecule has 0 aliphatic rings. The topological polar surface area (TPSA) is 37.3 Å². The van der Waals surface area contributed by atoms with Crippen LogP contribution in [0.4, 0.5) is 0 Å². The Morgan fingerprint density at radius 2 is 1.50 bits per heavy atom. The average molecular weight is 364 g/mol. The van der Waals surface area contributed by atoms with Gasteiger partial charge in [0.2, 0.25) is 0 Å². The van der Waals surface area contributed by atoms with Crippen molar-refractivity contribution in [3.8, 4) is 0 Å². The summed E-state index contributed by atoms with van der Waals surface area (Å²) in [7, 11) is 3.96. The van der Waals surface area contributed by atoms with Crippen LogP contribution in [0.25, 0.3) is 0 Å². The monoisotopic (exact) mass is 363 g/mol. The number of aliphatic hydroxyl groups excluding tert-OH is 1. The molecule has 1 unspecified atom stereocenters. The summed E-state index contributed by atoms with van der Waals surface area (Å²) >= 11 is 0. The average Bonchev–Trinajstić information content (AvgIpc) is 2.48. The molecule has 0 fully saturated rings. The van der Waals surface area contributed by atoms with E-state index in [0.29, 0.717) is 15.6 Å². The lowest BCUT2D eigenvalue weighted by molar-refractivity contribution is -0.946. The molecule has 22 heavy (non-hydrogen) atoms. The van der Waals surface area contributed by atoms with Gasteiger partial charge >= 0.3 is 0 Å². The number of ketones is 1. The van der Waals surface area contributed by atoms with Crippen LogP contribution in [-0.4, -0.2) is 35.7 Å². The highest BCUT2D eigenvalue weighted by molar-refractivity contribution is 6.08. The van der Waals surface area contributed by atoms with E-state index in [9.17, 15) is 9.90 Å². The van der Waals surface area contributed by atoms with E-state index in [-0.39, 0.29) is 22.8 Å². The molecule has 4 heteroatoms. The van der Waals surface area contributed by atoms with E-state index in [1.165, 1.54) is 0 Å². The minimum Gasteiger partial charge on any atom is -1.00 e. The van der Waals surface area contributed by atoms with E-state index in [2.05, 4.69) is 0 Å². The lowest BCUT2D eigenvalue weighted by Gasteiger charge is -2.32. The van der Waals surface area contributed by atoms with Crippen LogP contribution in [0.2, 0.25) is 0 Å². The molecule has 1 atom stereocenters. The minimum atomic E-state index is -0.435. The predicted molar refractivity (Wildman–Crippen MR) is 83.8 cm³/mol. The van der Waals surface area contributed by atoms with Gasteiger partial charge < -0.3 is 26.6 Å². The standard InChI is InChI=1S/C18H22NO2.BrH/c1-14(20)19(2,3)13-15-9-11-17(12-10-15)18(21)16-7-5-4-6-8-16;/h4-12,14,20H,13H2,1-3H3;1H/q+1;/p-1. The first kappa shape index (κ1) is 18.6. The van der Waals surface area contributed by atoms with Crippen molar-refractivity contribution in [2.45, 2.75) is 19.7 Å². The molecule has 0 spiro atoms. The Hall–Kier alpha value is -1.49. The van der Waals surface area contributed by atoms with Crippen LogP contribution in [-0.2, 0) is 6.54 Å². The molecule has 0 radical (unpaired) electrons. The predicted octanol–water partition coefficient (Wildman–Crippen LogP) is -0.164. The Morgan fingerprint density at radius 3 is 2.00 bits per heavy atom. The van der Waals surface area contributed by atoms with Crippen LogP contribution in [0, 0.1) is 0 Å². The van der Waals surface area contributed by atoms with Crippen molar-refractivity contribution in [3.05, 3.63) is 71.3 Å². The lowest BCUT2D eigenvalue weighted by Crippen LogP contribution is -3.00. The molecule has 0 aliphatic carbocycles. The van der Waals surface area contributed by atoms with Gasteiger partial charge in [0.1, 0.15) is 6.54 Å². The smallest absolute Gasteiger partial charge is 0.193 e. The van der Waals surface area contributed by atoms with Gasteiger partial charge in [-0.15, -0.1) is 0 Å². The molecule has 0 bridgehead atoms. The molecule has 0 amide bonds. The molecular formula is C18H22BrNO2. The third-order valence-electron chi connectivity index (χ3n) is 3.85. The zero-order chi connectivity index (χ0) is 15.5. The quantitative estimate of drug-likeness (QED) is 0.455. The van der Waals surface area contributed by atoms with Crippen molar-refractivity contribution >= 4 is 5.78 Å². The molecule has 0 heterocycles. The SMILES string of the molecule is CC(O)[N+](C)(C)Cc1ccc(C(=O)c2ccccc2)cc1.[Br-]. The van der Waals surface area contributed by atoms with Crippen LogP contribution in [0.1, 0.15) is 28.4 Å². The molecule has 118 valence electrons. The van der Waals surface area contributed by atoms with Crippen molar-refractivity contribution in [1.82, 2.24) is 0 Å². The van der Waals surface area contributed by atoms with Gasteiger partial charge in [-0.1, -0.05) is 54.6 Å². The number of hydrogen-bond donors (Lipinski definition) is 1. The Morgan fingerprint density at radius 1 is 1.00 bits per heavy atom. The molecule has 0 saturated carbocycles. The fourth-order valence-electron chi connectivity index (χ4n) is 2.12. The number of carbonyl (C=O) groups excluding carboxylic acids is 1. The first-order chi connectivity index (χ1) is 9.90. The van der Waals surface area contributed by atoms with Gasteiger partial charge in [0, 0.05) is 23.6 Å². The van der Waals surface area contributed by atoms with Crippen molar-refractivity contribution in [3.63, 3.8) is 0 Å². The first-order valence-electron chi connectivity index (χ1n) is 7.09. The van der Waals surface area contributed by atoms with E-state index in [1.54, 1.807) is 6.92 Å². The number of quaternary nitrogens is 1. The molecule has 0 saturated heterocycles. The molecule has 1 N–H and O–H groups in total. The van der Waals surface area contributed by atoms with Gasteiger partial charge in [0.25, 0.3) is 0 Å². The van der Waals surface area contributed by atoms with E-state index < -0.39 is 6.23 Å². The van der Waals surface area contributed by atoms with Gasteiger partial charge in [-0.2, -0.15) is 0 Å². The Labute approximate surface area is 142 Å². The van der Waals surface area contributed by atoms with Gasteiger partial charge in [-0.05, 0) is 0 Å². The fourth-order valence-corrected chi connectivity index (χ4v) is 2.12. The van der Waals surface area contributed by atoms with Crippen LogP contribution >= 0.6 is 0 Å². The summed E-state index contributed by atoms with van der Waals surface area (Å²) < 4.78 is 0.492. The maximum Gasteiger partial charge on any atom is 0.193 e. The van der Waals surface area contributed by atoms with E-state index in [0.717, 1.165) is 12.1 Å². The van der Waals surface area contributed by atoms with Crippen molar-refractivity contribution in [1.29, 1.82) is 0 Å². The molecule has 0 aliphatic heterocycles. The van der Waals surface area contributed by atoms with Gasteiger partial charge in [-0.3, -0.25) is 4.79 Å². The van der Waals surface area contributed by atoms with Crippen molar-refractivity contribution < 1.29 is 31.4 Å². The lowest BCUT2D eigenvalue weighted by atomic mass is 10.0. The maximum atomic E-state index is 12.3. The van der Waals surface area contributed by atoms with Crippen LogP contribution < -0.4 is 17.0 Å². The summed E-state index contributed by atoms with van der Waals surface area (Å²) in [4.78, 5) is 12.3. The Kier molecular flexibility index (Phi) is 6.48. The highest BCUT2D eigenvalue weighted by Crippen LogP contribution is 2.15. The third kappa shape index (κ3) is 4.50. The highest BCUT2D eigenvalue weighted by atomic mass is 79.9. The number of aliphatic hydroxyl groups is 1. The zero-order valence-corrected chi connectivity index (χ0v) is 14.7. The molecule has 2 aromatic carbocycles. The number of nitrogens with zero attached hydrogens (tertiary/aromatic N) is 1.